The zero-order valence-corrected chi connectivity index (χ0v) is 14.9. The molecule has 8 nitrogen and oxygen atoms in total. The lowest BCUT2D eigenvalue weighted by Crippen LogP contribution is -2.51. The Hall–Kier alpha value is -3.29. The highest BCUT2D eigenvalue weighted by Gasteiger charge is 2.24. The van der Waals surface area contributed by atoms with E-state index in [0.29, 0.717) is 32.6 Å². The second-order valence-corrected chi connectivity index (χ2v) is 6.58. The molecule has 0 saturated carbocycles. The van der Waals surface area contributed by atoms with Crippen molar-refractivity contribution in [2.45, 2.75) is 13.0 Å². The summed E-state index contributed by atoms with van der Waals surface area (Å²) >= 11 is 0. The Kier molecular flexibility index (Phi) is 4.78. The zero-order valence-electron chi connectivity index (χ0n) is 14.9. The summed E-state index contributed by atoms with van der Waals surface area (Å²) < 4.78 is 1.40. The van der Waals surface area contributed by atoms with Crippen molar-refractivity contribution in [3.63, 3.8) is 0 Å². The number of nitrogens with zero attached hydrogens (tertiary/aromatic N) is 6. The smallest absolute Gasteiger partial charge is 0.244 e. The van der Waals surface area contributed by atoms with Crippen molar-refractivity contribution in [2.75, 3.05) is 26.2 Å². The molecule has 1 saturated heterocycles. The predicted octanol–water partition coefficient (Wildman–Crippen LogP) is 0.740. The fourth-order valence-corrected chi connectivity index (χ4v) is 3.42. The van der Waals surface area contributed by atoms with Gasteiger partial charge in [0, 0.05) is 26.2 Å². The summed E-state index contributed by atoms with van der Waals surface area (Å²) in [6.45, 7) is 2.28. The Labute approximate surface area is 156 Å². The molecule has 138 valence electrons. The van der Waals surface area contributed by atoms with Crippen LogP contribution in [0, 0.1) is 0 Å². The lowest BCUT2D eigenvalue weighted by molar-refractivity contribution is -0.139. The number of tetrazole rings is 1. The first-order chi connectivity index (χ1) is 13.2. The number of hydrogen-bond acceptors (Lipinski definition) is 5. The first-order valence-electron chi connectivity index (χ1n) is 8.94. The molecule has 0 N–H and O–H groups in total. The van der Waals surface area contributed by atoms with Crippen molar-refractivity contribution in [1.29, 1.82) is 0 Å². The second-order valence-electron chi connectivity index (χ2n) is 6.58. The number of benzene rings is 2. The van der Waals surface area contributed by atoms with Gasteiger partial charge in [0.05, 0.1) is 6.42 Å². The summed E-state index contributed by atoms with van der Waals surface area (Å²) in [5.41, 5.74) is 1.04. The topological polar surface area (TPSA) is 84.2 Å². The van der Waals surface area contributed by atoms with E-state index in [9.17, 15) is 9.59 Å². The first kappa shape index (κ1) is 17.1. The summed E-state index contributed by atoms with van der Waals surface area (Å²) in [6, 6.07) is 14.1. The van der Waals surface area contributed by atoms with E-state index in [2.05, 4.69) is 27.7 Å². The van der Waals surface area contributed by atoms with Gasteiger partial charge in [-0.05, 0) is 26.8 Å². The Balaban J connectivity index is 1.35. The van der Waals surface area contributed by atoms with E-state index in [1.165, 1.54) is 11.0 Å². The standard InChI is InChI=1S/C19H20N6O2/c26-18(12-16-6-3-5-15-4-1-2-7-17(15)16)23-8-10-24(11-9-23)19(27)13-25-14-20-21-22-25/h1-7,14H,8-13H2. The van der Waals surface area contributed by atoms with Crippen LogP contribution in [-0.2, 0) is 22.6 Å². The van der Waals surface area contributed by atoms with Gasteiger partial charge in [0.1, 0.15) is 12.9 Å². The van der Waals surface area contributed by atoms with Crippen LogP contribution in [0.1, 0.15) is 5.56 Å². The lowest BCUT2D eigenvalue weighted by atomic mass is 10.0. The average Bonchev–Trinajstić information content (AvgIpc) is 3.21. The molecule has 1 aliphatic heterocycles. The zero-order chi connectivity index (χ0) is 18.6. The van der Waals surface area contributed by atoms with Gasteiger partial charge < -0.3 is 9.80 Å². The molecular formula is C19H20N6O2. The minimum atomic E-state index is -0.0385. The molecule has 1 aliphatic rings. The highest BCUT2D eigenvalue weighted by molar-refractivity contribution is 5.90. The van der Waals surface area contributed by atoms with Crippen molar-refractivity contribution in [1.82, 2.24) is 30.0 Å². The number of amides is 2. The number of aromatic nitrogens is 4. The Morgan fingerprint density at radius 3 is 2.33 bits per heavy atom. The maximum atomic E-state index is 12.7. The molecule has 4 rings (SSSR count). The average molecular weight is 364 g/mol. The molecule has 0 unspecified atom stereocenters. The maximum Gasteiger partial charge on any atom is 0.244 e. The van der Waals surface area contributed by atoms with Crippen LogP contribution in [0.5, 0.6) is 0 Å². The molecule has 0 radical (unpaired) electrons. The highest BCUT2D eigenvalue weighted by atomic mass is 16.2. The molecule has 1 fully saturated rings. The normalized spacial score (nSPS) is 14.5. The molecule has 1 aromatic heterocycles. The summed E-state index contributed by atoms with van der Waals surface area (Å²) in [4.78, 5) is 28.6. The van der Waals surface area contributed by atoms with Crippen LogP contribution < -0.4 is 0 Å². The van der Waals surface area contributed by atoms with Crippen molar-refractivity contribution in [3.8, 4) is 0 Å². The third-order valence-corrected chi connectivity index (χ3v) is 4.90. The molecule has 0 atom stereocenters. The number of rotatable bonds is 4. The Morgan fingerprint density at radius 2 is 1.59 bits per heavy atom. The van der Waals surface area contributed by atoms with Gasteiger partial charge >= 0.3 is 0 Å². The van der Waals surface area contributed by atoms with Gasteiger partial charge in [-0.1, -0.05) is 42.5 Å². The third-order valence-electron chi connectivity index (χ3n) is 4.90. The van der Waals surface area contributed by atoms with Crippen LogP contribution in [0.25, 0.3) is 10.8 Å². The third kappa shape index (κ3) is 3.79. The van der Waals surface area contributed by atoms with Gasteiger partial charge in [-0.3, -0.25) is 9.59 Å². The molecule has 0 aliphatic carbocycles. The number of fused-ring (bicyclic) bond motifs is 1. The van der Waals surface area contributed by atoms with Crippen LogP contribution in [-0.4, -0.2) is 68.0 Å². The molecule has 0 bridgehead atoms. The molecule has 2 heterocycles. The molecule has 3 aromatic rings. The van der Waals surface area contributed by atoms with E-state index in [-0.39, 0.29) is 18.4 Å². The van der Waals surface area contributed by atoms with Crippen molar-refractivity contribution in [2.24, 2.45) is 0 Å². The summed E-state index contributed by atoms with van der Waals surface area (Å²) in [5, 5.41) is 13.0. The van der Waals surface area contributed by atoms with E-state index in [1.807, 2.05) is 35.2 Å². The summed E-state index contributed by atoms with van der Waals surface area (Å²) in [6.07, 6.45) is 1.79. The number of piperazine rings is 1. The number of carbonyl (C=O) groups excluding carboxylic acids is 2. The van der Waals surface area contributed by atoms with Crippen LogP contribution in [0.4, 0.5) is 0 Å². The van der Waals surface area contributed by atoms with Crippen molar-refractivity contribution in [3.05, 3.63) is 54.4 Å². The second kappa shape index (κ2) is 7.53. The molecule has 2 aromatic carbocycles. The summed E-state index contributed by atoms with van der Waals surface area (Å²) in [5.74, 6) is 0.0578. The molecule has 0 spiro atoms. The van der Waals surface area contributed by atoms with Gasteiger partial charge in [-0.25, -0.2) is 4.68 Å². The lowest BCUT2D eigenvalue weighted by Gasteiger charge is -2.34. The Bertz CT molecular complexity index is 943. The van der Waals surface area contributed by atoms with Crippen LogP contribution in [0.15, 0.2) is 48.8 Å². The van der Waals surface area contributed by atoms with Gasteiger partial charge in [-0.15, -0.1) is 5.10 Å². The maximum absolute atomic E-state index is 12.7. The number of hydrogen-bond donors (Lipinski definition) is 0. The van der Waals surface area contributed by atoms with E-state index in [0.717, 1.165) is 16.3 Å². The molecule has 27 heavy (non-hydrogen) atoms. The van der Waals surface area contributed by atoms with Crippen LogP contribution >= 0.6 is 0 Å². The van der Waals surface area contributed by atoms with Crippen molar-refractivity contribution >= 4 is 22.6 Å². The van der Waals surface area contributed by atoms with Crippen molar-refractivity contribution < 1.29 is 9.59 Å². The number of carbonyl (C=O) groups is 2. The van der Waals surface area contributed by atoms with E-state index in [4.69, 9.17) is 0 Å². The Morgan fingerprint density at radius 1 is 0.889 bits per heavy atom. The molecular weight excluding hydrogens is 344 g/mol. The van der Waals surface area contributed by atoms with Crippen LogP contribution in [0.2, 0.25) is 0 Å². The fourth-order valence-electron chi connectivity index (χ4n) is 3.42. The van der Waals surface area contributed by atoms with E-state index in [1.54, 1.807) is 4.90 Å². The summed E-state index contributed by atoms with van der Waals surface area (Å²) in [7, 11) is 0. The largest absolute Gasteiger partial charge is 0.339 e. The van der Waals surface area contributed by atoms with Gasteiger partial charge in [-0.2, -0.15) is 0 Å². The highest BCUT2D eigenvalue weighted by Crippen LogP contribution is 2.19. The quantitative estimate of drug-likeness (QED) is 0.682. The van der Waals surface area contributed by atoms with Gasteiger partial charge in [0.25, 0.3) is 0 Å². The van der Waals surface area contributed by atoms with Gasteiger partial charge in [0.2, 0.25) is 11.8 Å². The van der Waals surface area contributed by atoms with E-state index >= 15 is 0 Å². The fraction of sp³-hybridized carbons (Fsp3) is 0.316. The van der Waals surface area contributed by atoms with Gasteiger partial charge in [0.15, 0.2) is 0 Å². The molecule has 2 amide bonds. The predicted molar refractivity (Wildman–Crippen MR) is 98.6 cm³/mol. The first-order valence-corrected chi connectivity index (χ1v) is 8.94. The minimum Gasteiger partial charge on any atom is -0.339 e. The van der Waals surface area contributed by atoms with Crippen LogP contribution in [0.3, 0.4) is 0 Å². The monoisotopic (exact) mass is 364 g/mol. The SMILES string of the molecule is O=C(Cc1cccc2ccccc12)N1CCN(C(=O)Cn2cnnn2)CC1. The van der Waals surface area contributed by atoms with E-state index < -0.39 is 0 Å². The minimum absolute atomic E-state index is 0.0385. The molecule has 8 heteroatoms.